The number of anilines is 4. The fraction of sp³-hybridized carbons (Fsp3) is 0.440. The number of hydrogen-bond donors (Lipinski definition) is 3. The molecule has 1 saturated heterocycles. The molecule has 0 atom stereocenters. The maximum atomic E-state index is 12.1. The lowest BCUT2D eigenvalue weighted by Gasteiger charge is -2.34. The van der Waals surface area contributed by atoms with E-state index in [0.29, 0.717) is 29.1 Å². The number of ether oxygens (including phenoxy) is 1. The number of H-pyrrole nitrogens is 1. The summed E-state index contributed by atoms with van der Waals surface area (Å²) in [6, 6.07) is 9.72. The third-order valence-electron chi connectivity index (χ3n) is 6.15. The first-order valence-corrected chi connectivity index (χ1v) is 13.2. The molecule has 10 nitrogen and oxygen atoms in total. The number of carbonyl (C=O) groups is 1. The van der Waals surface area contributed by atoms with Crippen molar-refractivity contribution in [1.82, 2.24) is 25.1 Å². The number of carbonyl (C=O) groups excluding carboxylic acids is 1. The van der Waals surface area contributed by atoms with E-state index in [9.17, 15) is 4.79 Å². The predicted octanol–water partition coefficient (Wildman–Crippen LogP) is 3.90. The number of piperazine rings is 1. The summed E-state index contributed by atoms with van der Waals surface area (Å²) in [6.45, 7) is 8.03. The van der Waals surface area contributed by atoms with Crippen LogP contribution >= 0.6 is 11.8 Å². The largest absolute Gasteiger partial charge is 0.487 e. The van der Waals surface area contributed by atoms with Crippen LogP contribution in [0.2, 0.25) is 0 Å². The fourth-order valence-electron chi connectivity index (χ4n) is 3.96. The molecular weight excluding hydrogens is 476 g/mol. The minimum Gasteiger partial charge on any atom is -0.487 e. The average Bonchev–Trinajstić information content (AvgIpc) is 3.64. The maximum Gasteiger partial charge on any atom is 0.227 e. The lowest BCUT2D eigenvalue weighted by atomic mass is 10.3. The molecule has 2 aliphatic rings. The van der Waals surface area contributed by atoms with Crippen molar-refractivity contribution in [2.45, 2.75) is 36.7 Å². The summed E-state index contributed by atoms with van der Waals surface area (Å²) in [5.74, 6) is 2.95. The van der Waals surface area contributed by atoms with E-state index in [0.717, 1.165) is 61.1 Å². The van der Waals surface area contributed by atoms with E-state index in [1.165, 1.54) is 11.8 Å². The van der Waals surface area contributed by atoms with Crippen molar-refractivity contribution in [2.75, 3.05) is 55.4 Å². The molecule has 190 valence electrons. The first-order chi connectivity index (χ1) is 17.5. The van der Waals surface area contributed by atoms with E-state index < -0.39 is 0 Å². The summed E-state index contributed by atoms with van der Waals surface area (Å²) in [5, 5.41) is 14.2. The van der Waals surface area contributed by atoms with Crippen molar-refractivity contribution in [3.05, 3.63) is 36.0 Å². The Morgan fingerprint density at radius 2 is 1.92 bits per heavy atom. The van der Waals surface area contributed by atoms with Gasteiger partial charge in [-0.15, -0.1) is 0 Å². The zero-order chi connectivity index (χ0) is 25.1. The van der Waals surface area contributed by atoms with E-state index in [1.54, 1.807) is 0 Å². The van der Waals surface area contributed by atoms with Crippen molar-refractivity contribution in [3.8, 4) is 5.75 Å². The van der Waals surface area contributed by atoms with Crippen molar-refractivity contribution in [1.29, 1.82) is 0 Å². The number of nitrogens with one attached hydrogen (secondary N) is 3. The number of likely N-dealkylation sites (N-methyl/N-ethyl adjacent to an activating group) is 1. The lowest BCUT2D eigenvalue weighted by molar-refractivity contribution is -0.117. The number of aromatic nitrogens is 4. The highest BCUT2D eigenvalue weighted by Gasteiger charge is 2.29. The van der Waals surface area contributed by atoms with Gasteiger partial charge in [-0.25, -0.2) is 9.97 Å². The van der Waals surface area contributed by atoms with Gasteiger partial charge in [-0.3, -0.25) is 9.89 Å². The number of aromatic amines is 1. The van der Waals surface area contributed by atoms with Crippen LogP contribution in [0.5, 0.6) is 5.75 Å². The molecule has 3 aromatic rings. The Kier molecular flexibility index (Phi) is 7.28. The predicted molar refractivity (Wildman–Crippen MR) is 141 cm³/mol. The zero-order valence-electron chi connectivity index (χ0n) is 20.9. The van der Waals surface area contributed by atoms with E-state index in [2.05, 4.69) is 37.7 Å². The van der Waals surface area contributed by atoms with E-state index in [-0.39, 0.29) is 11.8 Å². The Bertz CT molecular complexity index is 1200. The topological polar surface area (TPSA) is 111 Å². The van der Waals surface area contributed by atoms with Crippen LogP contribution in [0, 0.1) is 12.8 Å². The number of benzene rings is 1. The third-order valence-corrected chi connectivity index (χ3v) is 7.02. The fourth-order valence-corrected chi connectivity index (χ4v) is 4.72. The number of hydrogen-bond acceptors (Lipinski definition) is 9. The number of aryl methyl sites for hydroxylation is 1. The molecule has 5 rings (SSSR count). The number of rotatable bonds is 9. The Morgan fingerprint density at radius 3 is 2.56 bits per heavy atom. The molecule has 0 radical (unpaired) electrons. The van der Waals surface area contributed by atoms with Gasteiger partial charge in [0.25, 0.3) is 0 Å². The molecule has 0 bridgehead atoms. The highest BCUT2D eigenvalue weighted by Crippen LogP contribution is 2.39. The van der Waals surface area contributed by atoms with Gasteiger partial charge in [0, 0.05) is 54.4 Å². The molecule has 2 fully saturated rings. The quantitative estimate of drug-likeness (QED) is 0.371. The highest BCUT2D eigenvalue weighted by atomic mass is 32.2. The van der Waals surface area contributed by atoms with Crippen LogP contribution in [0.25, 0.3) is 0 Å². The molecule has 1 aliphatic heterocycles. The molecule has 1 aliphatic carbocycles. The maximum absolute atomic E-state index is 12.1. The smallest absolute Gasteiger partial charge is 0.227 e. The molecule has 2 aromatic heterocycles. The summed E-state index contributed by atoms with van der Waals surface area (Å²) in [4.78, 5) is 27.4. The average molecular weight is 509 g/mol. The normalized spacial score (nSPS) is 16.1. The van der Waals surface area contributed by atoms with Crippen LogP contribution in [0.15, 0.2) is 40.4 Å². The van der Waals surface area contributed by atoms with Gasteiger partial charge in [-0.05, 0) is 69.8 Å². The monoisotopic (exact) mass is 508 g/mol. The molecule has 1 amide bonds. The van der Waals surface area contributed by atoms with Crippen LogP contribution in [0.1, 0.15) is 25.5 Å². The van der Waals surface area contributed by atoms with Gasteiger partial charge in [0.15, 0.2) is 22.6 Å². The minimum absolute atomic E-state index is 0.103. The number of amides is 1. The second-order valence-electron chi connectivity index (χ2n) is 9.18. The van der Waals surface area contributed by atoms with Crippen LogP contribution in [0.3, 0.4) is 0 Å². The molecular formula is C25H32N8O2S. The van der Waals surface area contributed by atoms with Crippen LogP contribution in [-0.2, 0) is 4.79 Å². The number of nitrogens with zero attached hydrogens (tertiary/aromatic N) is 5. The molecule has 0 spiro atoms. The summed E-state index contributed by atoms with van der Waals surface area (Å²) in [6.07, 6.45) is 1.97. The minimum atomic E-state index is 0.103. The van der Waals surface area contributed by atoms with Gasteiger partial charge in [0.2, 0.25) is 11.7 Å². The van der Waals surface area contributed by atoms with Crippen molar-refractivity contribution in [3.63, 3.8) is 0 Å². The van der Waals surface area contributed by atoms with Crippen LogP contribution in [-0.4, -0.2) is 70.8 Å². The molecule has 36 heavy (non-hydrogen) atoms. The SMILES string of the molecule is CCOc1c(Nc2cc(C)[nH]n2)nc(Sc2ccc(NC(=O)C3CC3)cc2)nc1N1CCN(C)CC1. The molecule has 1 aromatic carbocycles. The second kappa shape index (κ2) is 10.8. The van der Waals surface area contributed by atoms with Gasteiger partial charge in [-0.2, -0.15) is 5.10 Å². The first-order valence-electron chi connectivity index (χ1n) is 12.3. The van der Waals surface area contributed by atoms with Crippen LogP contribution < -0.4 is 20.3 Å². The molecule has 3 N–H and O–H groups in total. The van der Waals surface area contributed by atoms with Gasteiger partial charge in [0.1, 0.15) is 0 Å². The van der Waals surface area contributed by atoms with Crippen molar-refractivity contribution in [2.24, 2.45) is 5.92 Å². The third kappa shape index (κ3) is 5.90. The lowest BCUT2D eigenvalue weighted by Crippen LogP contribution is -2.45. The summed E-state index contributed by atoms with van der Waals surface area (Å²) < 4.78 is 6.08. The molecule has 3 heterocycles. The summed E-state index contributed by atoms with van der Waals surface area (Å²) >= 11 is 1.47. The van der Waals surface area contributed by atoms with E-state index >= 15 is 0 Å². The molecule has 0 unspecified atom stereocenters. The standard InChI is InChI=1S/C25H32N8O2S/c1-4-35-21-22(27-20-15-16(2)30-31-20)28-25(29-23(21)33-13-11-32(3)12-14-33)36-19-9-7-18(8-10-19)26-24(34)17-5-6-17/h7-10,15,17H,4-6,11-14H2,1-3H3,(H,26,34)(H2,27,28,29,30,31). The highest BCUT2D eigenvalue weighted by molar-refractivity contribution is 7.99. The van der Waals surface area contributed by atoms with E-state index in [4.69, 9.17) is 14.7 Å². The van der Waals surface area contributed by atoms with E-state index in [1.807, 2.05) is 44.2 Å². The van der Waals surface area contributed by atoms with Gasteiger partial charge < -0.3 is 25.2 Å². The summed E-state index contributed by atoms with van der Waals surface area (Å²) in [7, 11) is 2.13. The van der Waals surface area contributed by atoms with Crippen molar-refractivity contribution >= 4 is 40.8 Å². The zero-order valence-corrected chi connectivity index (χ0v) is 21.7. The Balaban J connectivity index is 1.43. The Hall–Kier alpha value is -3.31. The van der Waals surface area contributed by atoms with Crippen molar-refractivity contribution < 1.29 is 9.53 Å². The molecule has 11 heteroatoms. The van der Waals surface area contributed by atoms with Crippen LogP contribution in [0.4, 0.5) is 23.1 Å². The molecule has 1 saturated carbocycles. The summed E-state index contributed by atoms with van der Waals surface area (Å²) in [5.41, 5.74) is 1.76. The Labute approximate surface area is 215 Å². The van der Waals surface area contributed by atoms with Gasteiger partial charge >= 0.3 is 0 Å². The first kappa shape index (κ1) is 24.4. The Morgan fingerprint density at radius 1 is 1.17 bits per heavy atom. The van der Waals surface area contributed by atoms with Gasteiger partial charge in [0.05, 0.1) is 6.61 Å². The second-order valence-corrected chi connectivity index (χ2v) is 10.2. The van der Waals surface area contributed by atoms with Gasteiger partial charge in [-0.1, -0.05) is 0 Å².